The van der Waals surface area contributed by atoms with Crippen LogP contribution in [-0.2, 0) is 27.7 Å². The highest BCUT2D eigenvalue weighted by Gasteiger charge is 2.42. The number of benzene rings is 1. The topological polar surface area (TPSA) is 65.8 Å². The van der Waals surface area contributed by atoms with Crippen LogP contribution >= 0.6 is 0 Å². The summed E-state index contributed by atoms with van der Waals surface area (Å²) in [5.41, 5.74) is 3.74. The molecule has 1 saturated heterocycles. The normalized spacial score (nSPS) is 19.2. The minimum Gasteiger partial charge on any atom is -0.465 e. The van der Waals surface area contributed by atoms with E-state index in [0.29, 0.717) is 24.8 Å². The van der Waals surface area contributed by atoms with Crippen molar-refractivity contribution in [1.82, 2.24) is 9.78 Å². The van der Waals surface area contributed by atoms with Crippen molar-refractivity contribution in [2.45, 2.75) is 57.8 Å². The van der Waals surface area contributed by atoms with Crippen molar-refractivity contribution < 1.29 is 19.0 Å². The molecule has 0 amide bonds. The average Bonchev–Trinajstić information content (AvgIpc) is 3.35. The lowest BCUT2D eigenvalue weighted by atomic mass is 9.87. The van der Waals surface area contributed by atoms with Gasteiger partial charge in [-0.05, 0) is 37.8 Å². The second-order valence-corrected chi connectivity index (χ2v) is 7.92. The molecule has 2 fully saturated rings. The lowest BCUT2D eigenvalue weighted by Gasteiger charge is -2.42. The molecule has 0 bridgehead atoms. The molecule has 158 valence electrons. The van der Waals surface area contributed by atoms with Crippen molar-refractivity contribution >= 4 is 22.6 Å². The minimum atomic E-state index is -0.374. The molecule has 1 aliphatic heterocycles. The Hall–Kier alpha value is -2.12. The molecule has 2 heterocycles. The number of methoxy groups -OCH3 is 1. The second kappa shape index (κ2) is 7.95. The molecule has 4 rings (SSSR count). The number of ether oxygens (including phenoxy) is 3. The summed E-state index contributed by atoms with van der Waals surface area (Å²) in [6, 6.07) is 2.29. The van der Waals surface area contributed by atoms with Gasteiger partial charge in [-0.1, -0.05) is 6.92 Å². The van der Waals surface area contributed by atoms with Crippen molar-refractivity contribution in [3.8, 4) is 0 Å². The van der Waals surface area contributed by atoms with Crippen LogP contribution in [0.3, 0.4) is 0 Å². The number of rotatable bonds is 5. The first-order valence-electron chi connectivity index (χ1n) is 10.6. The SMILES string of the molecule is CCc1c(C(=O)OC)cc2c(cnn2C)c1N(CC)C1CCC2(CC1)OCCO2. The van der Waals surface area contributed by atoms with Crippen LogP contribution in [-0.4, -0.2) is 54.4 Å². The Balaban J connectivity index is 1.77. The number of carbonyl (C=O) groups excluding carboxylic acids is 1. The van der Waals surface area contributed by atoms with E-state index in [0.717, 1.165) is 60.8 Å². The van der Waals surface area contributed by atoms with Crippen molar-refractivity contribution in [3.63, 3.8) is 0 Å². The molecule has 0 N–H and O–H groups in total. The number of carbonyl (C=O) groups is 1. The van der Waals surface area contributed by atoms with Crippen molar-refractivity contribution in [2.24, 2.45) is 7.05 Å². The molecule has 2 aromatic rings. The molecule has 2 aliphatic rings. The van der Waals surface area contributed by atoms with E-state index >= 15 is 0 Å². The smallest absolute Gasteiger partial charge is 0.338 e. The molecule has 0 atom stereocenters. The highest BCUT2D eigenvalue weighted by molar-refractivity contribution is 6.03. The van der Waals surface area contributed by atoms with E-state index in [1.807, 2.05) is 24.0 Å². The van der Waals surface area contributed by atoms with Crippen LogP contribution in [0.4, 0.5) is 5.69 Å². The summed E-state index contributed by atoms with van der Waals surface area (Å²) in [4.78, 5) is 15.0. The van der Waals surface area contributed by atoms with E-state index in [4.69, 9.17) is 14.2 Å². The Bertz CT molecular complexity index is 891. The van der Waals surface area contributed by atoms with Gasteiger partial charge < -0.3 is 19.1 Å². The molecule has 1 spiro atoms. The van der Waals surface area contributed by atoms with Crippen molar-refractivity contribution in [1.29, 1.82) is 0 Å². The van der Waals surface area contributed by atoms with Gasteiger partial charge in [0.2, 0.25) is 0 Å². The van der Waals surface area contributed by atoms with E-state index in [1.54, 1.807) is 0 Å². The third-order valence-electron chi connectivity index (χ3n) is 6.49. The number of nitrogens with zero attached hydrogens (tertiary/aromatic N) is 3. The summed E-state index contributed by atoms with van der Waals surface area (Å²) in [5.74, 6) is -0.668. The first-order valence-corrected chi connectivity index (χ1v) is 10.6. The predicted molar refractivity (Wildman–Crippen MR) is 111 cm³/mol. The van der Waals surface area contributed by atoms with E-state index < -0.39 is 0 Å². The zero-order valence-corrected chi connectivity index (χ0v) is 17.9. The third kappa shape index (κ3) is 3.40. The van der Waals surface area contributed by atoms with Crippen LogP contribution < -0.4 is 4.90 Å². The predicted octanol–water partition coefficient (Wildman–Crippen LogP) is 3.43. The van der Waals surface area contributed by atoms with Crippen molar-refractivity contribution in [3.05, 3.63) is 23.4 Å². The summed E-state index contributed by atoms with van der Waals surface area (Å²) in [5, 5.41) is 5.57. The zero-order valence-electron chi connectivity index (χ0n) is 17.9. The lowest BCUT2D eigenvalue weighted by Crippen LogP contribution is -2.44. The monoisotopic (exact) mass is 401 g/mol. The quantitative estimate of drug-likeness (QED) is 0.715. The summed E-state index contributed by atoms with van der Waals surface area (Å²) in [7, 11) is 3.35. The van der Waals surface area contributed by atoms with Gasteiger partial charge in [-0.3, -0.25) is 4.68 Å². The summed E-state index contributed by atoms with van der Waals surface area (Å²) >= 11 is 0. The number of hydrogen-bond acceptors (Lipinski definition) is 6. The Labute approximate surface area is 171 Å². The second-order valence-electron chi connectivity index (χ2n) is 7.92. The van der Waals surface area contributed by atoms with Gasteiger partial charge in [0, 0.05) is 37.9 Å². The minimum absolute atomic E-state index is 0.294. The van der Waals surface area contributed by atoms with Gasteiger partial charge in [-0.25, -0.2) is 4.79 Å². The van der Waals surface area contributed by atoms with Crippen LogP contribution in [0.25, 0.3) is 10.9 Å². The van der Waals surface area contributed by atoms with Gasteiger partial charge in [0.05, 0.1) is 43.3 Å². The van der Waals surface area contributed by atoms with E-state index in [9.17, 15) is 4.79 Å². The standard InChI is InChI=1S/C22H31N3O4/c1-5-16-17(21(26)27-4)13-19-18(14-23-24(19)3)20(16)25(6-2)15-7-9-22(10-8-15)28-11-12-29-22/h13-15H,5-12H2,1-4H3. The van der Waals surface area contributed by atoms with Gasteiger partial charge in [0.25, 0.3) is 0 Å². The van der Waals surface area contributed by atoms with Gasteiger partial charge in [0.1, 0.15) is 0 Å². The van der Waals surface area contributed by atoms with E-state index in [-0.39, 0.29) is 11.8 Å². The molecule has 1 aromatic carbocycles. The van der Waals surface area contributed by atoms with Gasteiger partial charge in [0.15, 0.2) is 5.79 Å². The number of aryl methyl sites for hydroxylation is 1. The Morgan fingerprint density at radius 1 is 1.31 bits per heavy atom. The Morgan fingerprint density at radius 2 is 2.00 bits per heavy atom. The highest BCUT2D eigenvalue weighted by atomic mass is 16.7. The van der Waals surface area contributed by atoms with Crippen LogP contribution in [0.2, 0.25) is 0 Å². The fourth-order valence-corrected chi connectivity index (χ4v) is 5.03. The molecule has 1 aromatic heterocycles. The van der Waals surface area contributed by atoms with Gasteiger partial charge in [-0.15, -0.1) is 0 Å². The molecule has 1 saturated carbocycles. The molecular weight excluding hydrogens is 370 g/mol. The Morgan fingerprint density at radius 3 is 2.59 bits per heavy atom. The molecule has 0 radical (unpaired) electrons. The lowest BCUT2D eigenvalue weighted by molar-refractivity contribution is -0.178. The first-order chi connectivity index (χ1) is 14.0. The van der Waals surface area contributed by atoms with Gasteiger partial charge in [-0.2, -0.15) is 5.10 Å². The maximum Gasteiger partial charge on any atom is 0.338 e. The molecule has 7 heteroatoms. The summed E-state index contributed by atoms with van der Waals surface area (Å²) < 4.78 is 18.8. The van der Waals surface area contributed by atoms with Crippen LogP contribution in [0.15, 0.2) is 12.3 Å². The number of fused-ring (bicyclic) bond motifs is 1. The third-order valence-corrected chi connectivity index (χ3v) is 6.49. The molecule has 7 nitrogen and oxygen atoms in total. The molecule has 1 aliphatic carbocycles. The van der Waals surface area contributed by atoms with Gasteiger partial charge >= 0.3 is 5.97 Å². The van der Waals surface area contributed by atoms with Crippen LogP contribution in [0.1, 0.15) is 55.5 Å². The van der Waals surface area contributed by atoms with E-state index in [2.05, 4.69) is 23.8 Å². The molecule has 29 heavy (non-hydrogen) atoms. The van der Waals surface area contributed by atoms with E-state index in [1.165, 1.54) is 7.11 Å². The highest BCUT2D eigenvalue weighted by Crippen LogP contribution is 2.41. The maximum absolute atomic E-state index is 12.6. The largest absolute Gasteiger partial charge is 0.465 e. The fourth-order valence-electron chi connectivity index (χ4n) is 5.03. The summed E-state index contributed by atoms with van der Waals surface area (Å²) in [6.45, 7) is 6.52. The summed E-state index contributed by atoms with van der Waals surface area (Å²) in [6.07, 6.45) is 6.48. The van der Waals surface area contributed by atoms with Crippen LogP contribution in [0, 0.1) is 0 Å². The zero-order chi connectivity index (χ0) is 20.6. The maximum atomic E-state index is 12.6. The van der Waals surface area contributed by atoms with Crippen LogP contribution in [0.5, 0.6) is 0 Å². The van der Waals surface area contributed by atoms with Crippen molar-refractivity contribution in [2.75, 3.05) is 31.8 Å². The Kier molecular flexibility index (Phi) is 5.53. The number of hydrogen-bond donors (Lipinski definition) is 0. The molecule has 0 unspecified atom stereocenters. The number of anilines is 1. The first kappa shape index (κ1) is 20.2. The fraction of sp³-hybridized carbons (Fsp3) is 0.636. The molecular formula is C22H31N3O4. The number of esters is 1. The number of aromatic nitrogens is 2. The average molecular weight is 402 g/mol.